The first-order valence-electron chi connectivity index (χ1n) is 10.1. The lowest BCUT2D eigenvalue weighted by Gasteiger charge is -2.17. The molecule has 1 saturated heterocycles. The molecule has 3 aromatic carbocycles. The zero-order valence-corrected chi connectivity index (χ0v) is 16.2. The van der Waals surface area contributed by atoms with Crippen LogP contribution in [0.3, 0.4) is 0 Å². The van der Waals surface area contributed by atoms with Crippen molar-refractivity contribution < 1.29 is 4.79 Å². The molecule has 1 atom stereocenters. The van der Waals surface area contributed by atoms with E-state index in [0.717, 1.165) is 35.5 Å². The predicted molar refractivity (Wildman–Crippen MR) is 116 cm³/mol. The van der Waals surface area contributed by atoms with E-state index >= 15 is 0 Å². The monoisotopic (exact) mass is 381 g/mol. The number of amides is 1. The number of aryl methyl sites for hydroxylation is 2. The van der Waals surface area contributed by atoms with Crippen LogP contribution in [0.4, 0.5) is 5.69 Å². The Labute approximate surface area is 170 Å². The van der Waals surface area contributed by atoms with Gasteiger partial charge in [-0.1, -0.05) is 60.7 Å². The molecule has 1 amide bonds. The zero-order valence-electron chi connectivity index (χ0n) is 16.2. The molecule has 1 unspecified atom stereocenters. The minimum atomic E-state index is 0.103. The van der Waals surface area contributed by atoms with Gasteiger partial charge in [0.25, 0.3) is 0 Å². The van der Waals surface area contributed by atoms with Crippen molar-refractivity contribution in [2.75, 3.05) is 11.4 Å². The first-order valence-corrected chi connectivity index (χ1v) is 10.1. The Morgan fingerprint density at radius 1 is 0.862 bits per heavy atom. The lowest BCUT2D eigenvalue weighted by molar-refractivity contribution is -0.117. The average Bonchev–Trinajstić information content (AvgIpc) is 3.34. The lowest BCUT2D eigenvalue weighted by atomic mass is 10.1. The quantitative estimate of drug-likeness (QED) is 0.498. The molecule has 1 aromatic heterocycles. The van der Waals surface area contributed by atoms with E-state index in [1.54, 1.807) is 0 Å². The summed E-state index contributed by atoms with van der Waals surface area (Å²) in [6.45, 7) is 1.54. The number of carbonyl (C=O) groups is 1. The van der Waals surface area contributed by atoms with Crippen LogP contribution in [0.5, 0.6) is 0 Å². The maximum atomic E-state index is 12.8. The molecule has 1 aliphatic rings. The third-order valence-corrected chi connectivity index (χ3v) is 5.71. The highest BCUT2D eigenvalue weighted by molar-refractivity contribution is 5.96. The largest absolute Gasteiger partial charge is 0.327 e. The van der Waals surface area contributed by atoms with Crippen LogP contribution in [0.15, 0.2) is 84.9 Å². The van der Waals surface area contributed by atoms with E-state index in [-0.39, 0.29) is 11.8 Å². The van der Waals surface area contributed by atoms with Crippen molar-refractivity contribution in [3.8, 4) is 0 Å². The van der Waals surface area contributed by atoms with Crippen LogP contribution in [-0.2, 0) is 17.8 Å². The molecular formula is C25H23N3O. The van der Waals surface area contributed by atoms with Crippen molar-refractivity contribution in [3.05, 3.63) is 96.3 Å². The molecule has 144 valence electrons. The van der Waals surface area contributed by atoms with Gasteiger partial charge in [-0.05, 0) is 36.2 Å². The Bertz CT molecular complexity index is 1130. The highest BCUT2D eigenvalue weighted by Crippen LogP contribution is 2.33. The molecule has 4 heteroatoms. The number of imidazole rings is 1. The Morgan fingerprint density at radius 3 is 2.34 bits per heavy atom. The third-order valence-electron chi connectivity index (χ3n) is 5.71. The van der Waals surface area contributed by atoms with Gasteiger partial charge in [-0.2, -0.15) is 0 Å². The number of benzene rings is 3. The summed E-state index contributed by atoms with van der Waals surface area (Å²) in [5, 5.41) is 0. The molecule has 1 fully saturated rings. The van der Waals surface area contributed by atoms with Crippen LogP contribution in [0.2, 0.25) is 0 Å². The van der Waals surface area contributed by atoms with Crippen molar-refractivity contribution in [3.63, 3.8) is 0 Å². The Hall–Kier alpha value is -3.40. The van der Waals surface area contributed by atoms with Gasteiger partial charge >= 0.3 is 0 Å². The summed E-state index contributed by atoms with van der Waals surface area (Å²) in [6, 6.07) is 28.7. The molecule has 0 saturated carbocycles. The molecule has 2 heterocycles. The number of anilines is 1. The van der Waals surface area contributed by atoms with Crippen molar-refractivity contribution in [1.29, 1.82) is 0 Å². The molecule has 0 aliphatic carbocycles. The molecule has 29 heavy (non-hydrogen) atoms. The summed E-state index contributed by atoms with van der Waals surface area (Å²) in [7, 11) is 0. The van der Waals surface area contributed by atoms with Crippen LogP contribution in [0, 0.1) is 0 Å². The normalized spacial score (nSPS) is 16.6. The van der Waals surface area contributed by atoms with Crippen LogP contribution in [0.1, 0.15) is 23.7 Å². The molecule has 0 radical (unpaired) electrons. The molecule has 4 nitrogen and oxygen atoms in total. The van der Waals surface area contributed by atoms with E-state index in [0.29, 0.717) is 13.0 Å². The highest BCUT2D eigenvalue weighted by Gasteiger charge is 2.34. The topological polar surface area (TPSA) is 38.1 Å². The zero-order chi connectivity index (χ0) is 19.6. The minimum Gasteiger partial charge on any atom is -0.327 e. The van der Waals surface area contributed by atoms with Gasteiger partial charge in [0.05, 0.1) is 11.0 Å². The first kappa shape index (κ1) is 17.7. The van der Waals surface area contributed by atoms with Crippen molar-refractivity contribution in [2.24, 2.45) is 0 Å². The lowest BCUT2D eigenvalue weighted by Crippen LogP contribution is -2.24. The summed E-state index contributed by atoms with van der Waals surface area (Å²) < 4.78 is 2.31. The predicted octanol–water partition coefficient (Wildman–Crippen LogP) is 4.80. The molecule has 0 N–H and O–H groups in total. The van der Waals surface area contributed by atoms with E-state index < -0.39 is 0 Å². The fraction of sp³-hybridized carbons (Fsp3) is 0.200. The van der Waals surface area contributed by atoms with Gasteiger partial charge in [-0.25, -0.2) is 4.98 Å². The van der Waals surface area contributed by atoms with Gasteiger partial charge in [0.1, 0.15) is 5.82 Å². The van der Waals surface area contributed by atoms with Gasteiger partial charge in [-0.15, -0.1) is 0 Å². The second-order valence-electron chi connectivity index (χ2n) is 7.59. The Morgan fingerprint density at radius 2 is 1.55 bits per heavy atom. The number of rotatable bonds is 5. The molecule has 0 bridgehead atoms. The second-order valence-corrected chi connectivity index (χ2v) is 7.59. The van der Waals surface area contributed by atoms with Crippen LogP contribution in [-0.4, -0.2) is 22.0 Å². The number of fused-ring (bicyclic) bond motifs is 1. The fourth-order valence-electron chi connectivity index (χ4n) is 4.26. The van der Waals surface area contributed by atoms with Crippen molar-refractivity contribution in [1.82, 2.24) is 9.55 Å². The van der Waals surface area contributed by atoms with Gasteiger partial charge in [0.15, 0.2) is 0 Å². The molecular weight excluding hydrogens is 358 g/mol. The summed E-state index contributed by atoms with van der Waals surface area (Å²) in [5.41, 5.74) is 4.42. The van der Waals surface area contributed by atoms with Crippen LogP contribution >= 0.6 is 0 Å². The summed E-state index contributed by atoms with van der Waals surface area (Å²) in [5.74, 6) is 1.29. The summed E-state index contributed by atoms with van der Waals surface area (Å²) >= 11 is 0. The number of hydrogen-bond donors (Lipinski definition) is 0. The number of aromatic nitrogens is 2. The first-order chi connectivity index (χ1) is 14.3. The SMILES string of the molecule is O=C1CC(c2nc3ccccc3n2CCc2ccccc2)CN1c1ccccc1. The number of para-hydroxylation sites is 3. The standard InChI is InChI=1S/C25H23N3O/c29-24-17-20(18-28(24)21-11-5-2-6-12-21)25-26-22-13-7-8-14-23(22)27(25)16-15-19-9-3-1-4-10-19/h1-14,20H,15-18H2. The number of nitrogens with zero attached hydrogens (tertiary/aromatic N) is 3. The van der Waals surface area contributed by atoms with E-state index in [4.69, 9.17) is 4.98 Å². The molecule has 5 rings (SSSR count). The van der Waals surface area contributed by atoms with E-state index in [1.165, 1.54) is 5.56 Å². The second kappa shape index (κ2) is 7.55. The minimum absolute atomic E-state index is 0.103. The molecule has 4 aromatic rings. The summed E-state index contributed by atoms with van der Waals surface area (Å²) in [4.78, 5) is 19.6. The van der Waals surface area contributed by atoms with Crippen LogP contribution < -0.4 is 4.90 Å². The maximum absolute atomic E-state index is 12.8. The number of carbonyl (C=O) groups excluding carboxylic acids is 1. The van der Waals surface area contributed by atoms with Gasteiger partial charge < -0.3 is 9.47 Å². The Kier molecular flexibility index (Phi) is 4.60. The van der Waals surface area contributed by atoms with Gasteiger partial charge in [0, 0.05) is 31.1 Å². The number of hydrogen-bond acceptors (Lipinski definition) is 2. The third kappa shape index (κ3) is 3.42. The smallest absolute Gasteiger partial charge is 0.227 e. The van der Waals surface area contributed by atoms with Gasteiger partial charge in [-0.3, -0.25) is 4.79 Å². The molecule has 0 spiro atoms. The van der Waals surface area contributed by atoms with E-state index in [2.05, 4.69) is 47.0 Å². The van der Waals surface area contributed by atoms with E-state index in [9.17, 15) is 4.79 Å². The highest BCUT2D eigenvalue weighted by atomic mass is 16.2. The molecule has 1 aliphatic heterocycles. The van der Waals surface area contributed by atoms with Crippen molar-refractivity contribution >= 4 is 22.6 Å². The van der Waals surface area contributed by atoms with E-state index in [1.807, 2.05) is 47.4 Å². The van der Waals surface area contributed by atoms with Crippen molar-refractivity contribution in [2.45, 2.75) is 25.3 Å². The maximum Gasteiger partial charge on any atom is 0.227 e. The summed E-state index contributed by atoms with van der Waals surface area (Å²) in [6.07, 6.45) is 1.45. The fourth-order valence-corrected chi connectivity index (χ4v) is 4.26. The van der Waals surface area contributed by atoms with Crippen LogP contribution in [0.25, 0.3) is 11.0 Å². The average molecular weight is 381 g/mol. The van der Waals surface area contributed by atoms with Gasteiger partial charge in [0.2, 0.25) is 5.91 Å². The Balaban J connectivity index is 1.47.